The van der Waals surface area contributed by atoms with Gasteiger partial charge in [-0.05, 0) is 67.7 Å². The van der Waals surface area contributed by atoms with E-state index in [1.54, 1.807) is 0 Å². The normalized spacial score (nSPS) is 18.3. The minimum Gasteiger partial charge on any atom is -0.486 e. The van der Waals surface area contributed by atoms with E-state index >= 15 is 0 Å². The fraction of sp³-hybridized carbons (Fsp3) is 0.478. The van der Waals surface area contributed by atoms with Crippen LogP contribution in [0.25, 0.3) is 0 Å². The van der Waals surface area contributed by atoms with Gasteiger partial charge in [-0.3, -0.25) is 10.6 Å². The van der Waals surface area contributed by atoms with E-state index in [1.165, 1.54) is 18.4 Å². The number of benzene rings is 2. The molecule has 1 unspecified atom stereocenters. The fourth-order valence-corrected chi connectivity index (χ4v) is 4.18. The topological polar surface area (TPSA) is 66.0 Å². The molecule has 0 saturated carbocycles. The van der Waals surface area contributed by atoms with E-state index in [1.807, 2.05) is 30.3 Å². The molecule has 2 aromatic carbocycles. The van der Waals surface area contributed by atoms with Crippen molar-refractivity contribution in [2.45, 2.75) is 38.2 Å². The summed E-state index contributed by atoms with van der Waals surface area (Å²) >= 11 is 5.94. The number of nitrogens with one attached hydrogen (secondary N) is 2. The molecule has 0 spiro atoms. The van der Waals surface area contributed by atoms with E-state index in [4.69, 9.17) is 21.1 Å². The van der Waals surface area contributed by atoms with Crippen LogP contribution in [-0.2, 0) is 13.0 Å². The summed E-state index contributed by atoms with van der Waals surface area (Å²) in [6, 6.07) is 13.9. The van der Waals surface area contributed by atoms with Crippen LogP contribution in [-0.4, -0.2) is 55.2 Å². The van der Waals surface area contributed by atoms with Gasteiger partial charge in [-0.2, -0.15) is 0 Å². The van der Waals surface area contributed by atoms with Crippen LogP contribution >= 0.6 is 11.6 Å². The average molecular weight is 432 g/mol. The number of fused-ring (bicyclic) bond motifs is 1. The monoisotopic (exact) mass is 431 g/mol. The summed E-state index contributed by atoms with van der Waals surface area (Å²) in [5, 5.41) is 17.8. The fourth-order valence-electron chi connectivity index (χ4n) is 4.05. The van der Waals surface area contributed by atoms with E-state index < -0.39 is 6.35 Å². The van der Waals surface area contributed by atoms with Crippen LogP contribution in [0.2, 0.25) is 5.02 Å². The van der Waals surface area contributed by atoms with Gasteiger partial charge in [-0.25, -0.2) is 0 Å². The maximum absolute atomic E-state index is 10.6. The van der Waals surface area contributed by atoms with E-state index in [-0.39, 0.29) is 6.04 Å². The Hall–Kier alpha value is -1.83. The van der Waals surface area contributed by atoms with Crippen LogP contribution in [0.15, 0.2) is 42.5 Å². The Labute approximate surface area is 183 Å². The molecule has 2 aromatic rings. The van der Waals surface area contributed by atoms with E-state index in [0.29, 0.717) is 24.8 Å². The Kier molecular flexibility index (Phi) is 7.47. The summed E-state index contributed by atoms with van der Waals surface area (Å²) in [6.45, 7) is 4.87. The number of likely N-dealkylation sites (tertiary alicyclic amines) is 1. The van der Waals surface area contributed by atoms with Crippen LogP contribution in [0.1, 0.15) is 24.0 Å². The number of rotatable bonds is 9. The highest BCUT2D eigenvalue weighted by molar-refractivity contribution is 6.30. The molecule has 0 aliphatic carbocycles. The van der Waals surface area contributed by atoms with Crippen molar-refractivity contribution in [3.05, 3.63) is 58.6 Å². The highest BCUT2D eigenvalue weighted by Crippen LogP contribution is 2.31. The Balaban J connectivity index is 1.36. The first-order chi connectivity index (χ1) is 14.7. The van der Waals surface area contributed by atoms with Gasteiger partial charge in [0.1, 0.15) is 13.2 Å². The number of aliphatic hydroxyl groups is 1. The molecule has 6 nitrogen and oxygen atoms in total. The summed E-state index contributed by atoms with van der Waals surface area (Å²) in [7, 11) is 0. The summed E-state index contributed by atoms with van der Waals surface area (Å²) in [5.74, 6) is 1.61. The largest absolute Gasteiger partial charge is 0.486 e. The van der Waals surface area contributed by atoms with Crippen molar-refractivity contribution >= 4 is 11.6 Å². The molecule has 162 valence electrons. The zero-order chi connectivity index (χ0) is 20.8. The minimum atomic E-state index is -0.800. The third kappa shape index (κ3) is 6.09. The number of ether oxygens (including phenoxy) is 2. The molecule has 7 heteroatoms. The zero-order valence-corrected chi connectivity index (χ0v) is 17.9. The van der Waals surface area contributed by atoms with Crippen LogP contribution < -0.4 is 20.1 Å². The molecule has 3 N–H and O–H groups in total. The van der Waals surface area contributed by atoms with Crippen molar-refractivity contribution in [2.24, 2.45) is 0 Å². The minimum absolute atomic E-state index is 0.110. The van der Waals surface area contributed by atoms with E-state index in [9.17, 15) is 5.11 Å². The second-order valence-corrected chi connectivity index (χ2v) is 8.40. The van der Waals surface area contributed by atoms with Crippen LogP contribution in [0, 0.1) is 0 Å². The lowest BCUT2D eigenvalue weighted by Crippen LogP contribution is -2.51. The Bertz CT molecular complexity index is 812. The number of hydrogen-bond acceptors (Lipinski definition) is 6. The molecule has 2 aliphatic heterocycles. The highest BCUT2D eigenvalue weighted by Gasteiger charge is 2.21. The molecule has 0 bridgehead atoms. The predicted molar refractivity (Wildman–Crippen MR) is 118 cm³/mol. The summed E-state index contributed by atoms with van der Waals surface area (Å²) in [5.41, 5.74) is 2.24. The smallest absolute Gasteiger partial charge is 0.161 e. The predicted octanol–water partition coefficient (Wildman–Crippen LogP) is 2.77. The van der Waals surface area contributed by atoms with Gasteiger partial charge in [0.2, 0.25) is 0 Å². The van der Waals surface area contributed by atoms with Gasteiger partial charge in [0.15, 0.2) is 17.9 Å². The molecule has 0 radical (unpaired) electrons. The molecular formula is C23H30ClN3O3. The number of hydrogen-bond donors (Lipinski definition) is 3. The molecule has 4 rings (SSSR count). The van der Waals surface area contributed by atoms with Crippen LogP contribution in [0.5, 0.6) is 11.5 Å². The van der Waals surface area contributed by atoms with Gasteiger partial charge < -0.3 is 19.5 Å². The third-order valence-corrected chi connectivity index (χ3v) is 5.82. The highest BCUT2D eigenvalue weighted by atomic mass is 35.5. The van der Waals surface area contributed by atoms with Crippen molar-refractivity contribution in [3.63, 3.8) is 0 Å². The first-order valence-corrected chi connectivity index (χ1v) is 11.1. The molecule has 2 heterocycles. The molecule has 2 atom stereocenters. The molecule has 0 aromatic heterocycles. The van der Waals surface area contributed by atoms with Gasteiger partial charge in [0.05, 0.1) is 0 Å². The van der Waals surface area contributed by atoms with Crippen LogP contribution in [0.3, 0.4) is 0 Å². The first kappa shape index (κ1) is 21.4. The molecule has 2 aliphatic rings. The van der Waals surface area contributed by atoms with Crippen molar-refractivity contribution < 1.29 is 14.6 Å². The Morgan fingerprint density at radius 1 is 0.967 bits per heavy atom. The first-order valence-electron chi connectivity index (χ1n) is 10.7. The Morgan fingerprint density at radius 3 is 2.43 bits per heavy atom. The number of halogens is 1. The van der Waals surface area contributed by atoms with Crippen molar-refractivity contribution in [3.8, 4) is 11.5 Å². The van der Waals surface area contributed by atoms with Gasteiger partial charge in [-0.1, -0.05) is 29.8 Å². The summed E-state index contributed by atoms with van der Waals surface area (Å²) in [4.78, 5) is 2.46. The lowest BCUT2D eigenvalue weighted by atomic mass is 10.0. The van der Waals surface area contributed by atoms with E-state index in [0.717, 1.165) is 43.1 Å². The quantitative estimate of drug-likeness (QED) is 0.530. The van der Waals surface area contributed by atoms with Gasteiger partial charge >= 0.3 is 0 Å². The molecule has 1 saturated heterocycles. The summed E-state index contributed by atoms with van der Waals surface area (Å²) in [6.07, 6.45) is 2.49. The molecule has 1 fully saturated rings. The molecular weight excluding hydrogens is 402 g/mol. The van der Waals surface area contributed by atoms with Gasteiger partial charge in [-0.15, -0.1) is 0 Å². The standard InChI is InChI=1S/C23H30ClN3O3/c24-19-6-3-17(4-7-19)15-25-23(28)26-20(16-27-9-1-2-10-27)13-18-5-8-21-22(14-18)30-12-11-29-21/h3-8,14,20,23,25-26,28H,1-2,9-13,15-16H2/t20-,23?/m0/s1. The van der Waals surface area contributed by atoms with E-state index in [2.05, 4.69) is 27.7 Å². The molecule has 30 heavy (non-hydrogen) atoms. The lowest BCUT2D eigenvalue weighted by molar-refractivity contribution is 0.0793. The maximum atomic E-state index is 10.6. The third-order valence-electron chi connectivity index (χ3n) is 5.57. The second kappa shape index (κ2) is 10.5. The maximum Gasteiger partial charge on any atom is 0.161 e. The van der Waals surface area contributed by atoms with Gasteiger partial charge in [0, 0.05) is 24.2 Å². The lowest BCUT2D eigenvalue weighted by Gasteiger charge is -2.28. The number of nitrogens with zero attached hydrogens (tertiary/aromatic N) is 1. The number of aliphatic hydroxyl groups excluding tert-OH is 1. The van der Waals surface area contributed by atoms with Crippen molar-refractivity contribution in [1.82, 2.24) is 15.5 Å². The zero-order valence-electron chi connectivity index (χ0n) is 17.1. The SMILES string of the molecule is OC(NCc1ccc(Cl)cc1)N[C@@H](Cc1ccc2c(c1)OCCO2)CN1CCCC1. The van der Waals surface area contributed by atoms with Crippen LogP contribution in [0.4, 0.5) is 0 Å². The summed E-state index contributed by atoms with van der Waals surface area (Å²) < 4.78 is 11.4. The second-order valence-electron chi connectivity index (χ2n) is 7.96. The van der Waals surface area contributed by atoms with Crippen molar-refractivity contribution in [1.29, 1.82) is 0 Å². The van der Waals surface area contributed by atoms with Crippen molar-refractivity contribution in [2.75, 3.05) is 32.8 Å². The molecule has 0 amide bonds. The van der Waals surface area contributed by atoms with Gasteiger partial charge in [0.25, 0.3) is 0 Å². The average Bonchev–Trinajstić information content (AvgIpc) is 3.26. The Morgan fingerprint density at radius 2 is 1.67 bits per heavy atom.